The van der Waals surface area contributed by atoms with Gasteiger partial charge in [0.15, 0.2) is 0 Å². The van der Waals surface area contributed by atoms with Crippen molar-refractivity contribution < 1.29 is 0 Å². The average molecular weight is 300 g/mol. The third-order valence-electron chi connectivity index (χ3n) is 4.80. The van der Waals surface area contributed by atoms with E-state index in [1.165, 1.54) is 12.8 Å². The van der Waals surface area contributed by atoms with Gasteiger partial charge in [-0.2, -0.15) is 0 Å². The highest BCUT2D eigenvalue weighted by Gasteiger charge is 2.44. The molecule has 0 aliphatic carbocycles. The lowest BCUT2D eigenvalue weighted by Gasteiger charge is -2.33. The minimum Gasteiger partial charge on any atom is -0.388 e. The van der Waals surface area contributed by atoms with Crippen LogP contribution in [-0.2, 0) is 5.54 Å². The molecular formula is C17H18ClN3. The first kappa shape index (κ1) is 13.0. The predicted molar refractivity (Wildman–Crippen MR) is 87.7 cm³/mol. The Morgan fingerprint density at radius 1 is 1.33 bits per heavy atom. The molecule has 4 heteroatoms. The molecule has 1 aromatic carbocycles. The van der Waals surface area contributed by atoms with Gasteiger partial charge in [-0.3, -0.25) is 4.98 Å². The van der Waals surface area contributed by atoms with Crippen LogP contribution in [0.2, 0.25) is 5.02 Å². The smallest absolute Gasteiger partial charge is 0.0854 e. The van der Waals surface area contributed by atoms with Gasteiger partial charge in [0.25, 0.3) is 0 Å². The van der Waals surface area contributed by atoms with Crippen LogP contribution in [0.1, 0.15) is 25.0 Å². The first-order valence-corrected chi connectivity index (χ1v) is 7.83. The summed E-state index contributed by atoms with van der Waals surface area (Å²) in [5.74, 6) is 0. The fourth-order valence-electron chi connectivity index (χ4n) is 3.74. The summed E-state index contributed by atoms with van der Waals surface area (Å²) < 4.78 is 0. The molecule has 1 saturated heterocycles. The molecule has 1 N–H and O–H groups in total. The van der Waals surface area contributed by atoms with Gasteiger partial charge in [0, 0.05) is 29.7 Å². The van der Waals surface area contributed by atoms with Gasteiger partial charge >= 0.3 is 0 Å². The molecule has 1 fully saturated rings. The van der Waals surface area contributed by atoms with Crippen molar-refractivity contribution in [2.24, 2.45) is 0 Å². The third-order valence-corrected chi connectivity index (χ3v) is 5.03. The molecule has 1 atom stereocenters. The maximum Gasteiger partial charge on any atom is 0.0854 e. The number of aromatic nitrogens is 1. The number of halogens is 1. The van der Waals surface area contributed by atoms with Crippen molar-refractivity contribution in [3.8, 4) is 0 Å². The van der Waals surface area contributed by atoms with Crippen LogP contribution in [0, 0.1) is 0 Å². The molecule has 2 aliphatic heterocycles. The zero-order valence-corrected chi connectivity index (χ0v) is 12.8. The highest BCUT2D eigenvalue weighted by atomic mass is 35.5. The molecule has 21 heavy (non-hydrogen) atoms. The summed E-state index contributed by atoms with van der Waals surface area (Å²) in [6, 6.07) is 8.13. The first-order valence-electron chi connectivity index (χ1n) is 7.45. The maximum atomic E-state index is 6.15. The second-order valence-corrected chi connectivity index (χ2v) is 6.32. The Balaban J connectivity index is 1.93. The van der Waals surface area contributed by atoms with E-state index in [9.17, 15) is 0 Å². The summed E-state index contributed by atoms with van der Waals surface area (Å²) in [7, 11) is 1.96. The van der Waals surface area contributed by atoms with Crippen LogP contribution in [0.5, 0.6) is 0 Å². The number of fused-ring (bicyclic) bond motifs is 2. The largest absolute Gasteiger partial charge is 0.388 e. The van der Waals surface area contributed by atoms with Crippen LogP contribution in [0.4, 0.5) is 5.69 Å². The highest BCUT2D eigenvalue weighted by molar-refractivity contribution is 6.31. The molecule has 3 nitrogen and oxygen atoms in total. The predicted octanol–water partition coefficient (Wildman–Crippen LogP) is 4.14. The highest BCUT2D eigenvalue weighted by Crippen LogP contribution is 2.46. The standard InChI is InChI=1S/C17H18ClN3/c1-19-14-11-16(17-6-2-8-21(17)9-3-7-17)20-15-10-12(18)4-5-13(14)15/h2,4-5,8,10-11H,3,6-7,9H2,1H3,(H,19,20). The van der Waals surface area contributed by atoms with Crippen molar-refractivity contribution in [1.29, 1.82) is 0 Å². The number of hydrogen-bond donors (Lipinski definition) is 1. The average Bonchev–Trinajstić information content (AvgIpc) is 3.05. The van der Waals surface area contributed by atoms with E-state index < -0.39 is 0 Å². The number of anilines is 1. The lowest BCUT2D eigenvalue weighted by Crippen LogP contribution is -2.34. The molecule has 2 aliphatic rings. The zero-order chi connectivity index (χ0) is 14.4. The Bertz CT molecular complexity index is 740. The van der Waals surface area contributed by atoms with Crippen molar-refractivity contribution in [3.05, 3.63) is 47.3 Å². The molecule has 2 aromatic rings. The number of benzene rings is 1. The van der Waals surface area contributed by atoms with Gasteiger partial charge < -0.3 is 10.2 Å². The van der Waals surface area contributed by atoms with E-state index in [2.05, 4.69) is 28.6 Å². The molecule has 0 spiro atoms. The Kier molecular flexibility index (Phi) is 2.86. The number of hydrogen-bond acceptors (Lipinski definition) is 3. The number of nitrogens with zero attached hydrogens (tertiary/aromatic N) is 2. The van der Waals surface area contributed by atoms with E-state index in [-0.39, 0.29) is 5.54 Å². The van der Waals surface area contributed by atoms with E-state index in [4.69, 9.17) is 16.6 Å². The van der Waals surface area contributed by atoms with E-state index in [1.54, 1.807) is 0 Å². The van der Waals surface area contributed by atoms with Gasteiger partial charge in [-0.1, -0.05) is 17.7 Å². The number of nitrogens with one attached hydrogen (secondary N) is 1. The van der Waals surface area contributed by atoms with Gasteiger partial charge in [-0.25, -0.2) is 0 Å². The lowest BCUT2D eigenvalue weighted by atomic mass is 9.89. The van der Waals surface area contributed by atoms with Crippen LogP contribution >= 0.6 is 11.6 Å². The van der Waals surface area contributed by atoms with Crippen molar-refractivity contribution >= 4 is 28.2 Å². The van der Waals surface area contributed by atoms with Crippen LogP contribution in [-0.4, -0.2) is 23.5 Å². The van der Waals surface area contributed by atoms with Crippen LogP contribution in [0.3, 0.4) is 0 Å². The van der Waals surface area contributed by atoms with Crippen molar-refractivity contribution in [3.63, 3.8) is 0 Å². The molecule has 4 rings (SSSR count). The molecule has 0 amide bonds. The lowest BCUT2D eigenvalue weighted by molar-refractivity contribution is 0.223. The molecule has 108 valence electrons. The number of pyridine rings is 1. The molecule has 1 aromatic heterocycles. The summed E-state index contributed by atoms with van der Waals surface area (Å²) in [5, 5.41) is 5.17. The summed E-state index contributed by atoms with van der Waals surface area (Å²) >= 11 is 6.15. The maximum absolute atomic E-state index is 6.15. The molecule has 0 saturated carbocycles. The van der Waals surface area contributed by atoms with E-state index in [1.807, 2.05) is 25.2 Å². The second kappa shape index (κ2) is 4.63. The van der Waals surface area contributed by atoms with Crippen molar-refractivity contribution in [1.82, 2.24) is 9.88 Å². The zero-order valence-electron chi connectivity index (χ0n) is 12.1. The van der Waals surface area contributed by atoms with Gasteiger partial charge in [-0.15, -0.1) is 0 Å². The van der Waals surface area contributed by atoms with Gasteiger partial charge in [0.1, 0.15) is 0 Å². The molecule has 1 unspecified atom stereocenters. The summed E-state index contributed by atoms with van der Waals surface area (Å²) in [5.41, 5.74) is 3.31. The molecule has 0 radical (unpaired) electrons. The molecular weight excluding hydrogens is 282 g/mol. The normalized spacial score (nSPS) is 23.8. The third kappa shape index (κ3) is 1.84. The monoisotopic (exact) mass is 299 g/mol. The Morgan fingerprint density at radius 3 is 3.10 bits per heavy atom. The van der Waals surface area contributed by atoms with E-state index in [0.717, 1.165) is 40.3 Å². The minimum atomic E-state index is 0.0576. The quantitative estimate of drug-likeness (QED) is 0.903. The second-order valence-electron chi connectivity index (χ2n) is 5.88. The van der Waals surface area contributed by atoms with E-state index in [0.29, 0.717) is 0 Å². The Hall–Kier alpha value is -1.74. The Morgan fingerprint density at radius 2 is 2.24 bits per heavy atom. The van der Waals surface area contributed by atoms with E-state index >= 15 is 0 Å². The summed E-state index contributed by atoms with van der Waals surface area (Å²) in [6.45, 7) is 1.13. The summed E-state index contributed by atoms with van der Waals surface area (Å²) in [4.78, 5) is 7.40. The molecule has 0 bridgehead atoms. The van der Waals surface area contributed by atoms with Crippen LogP contribution in [0.15, 0.2) is 36.5 Å². The van der Waals surface area contributed by atoms with Crippen molar-refractivity contribution in [2.45, 2.75) is 24.8 Å². The fraction of sp³-hybridized carbons (Fsp3) is 0.353. The topological polar surface area (TPSA) is 28.2 Å². The fourth-order valence-corrected chi connectivity index (χ4v) is 3.90. The Labute approximate surface area is 129 Å². The summed E-state index contributed by atoms with van der Waals surface area (Å²) in [6.07, 6.45) is 7.95. The van der Waals surface area contributed by atoms with Gasteiger partial charge in [0.2, 0.25) is 0 Å². The first-order chi connectivity index (χ1) is 10.2. The van der Waals surface area contributed by atoms with Crippen LogP contribution in [0.25, 0.3) is 10.9 Å². The van der Waals surface area contributed by atoms with Crippen LogP contribution < -0.4 is 5.32 Å². The van der Waals surface area contributed by atoms with Gasteiger partial charge in [-0.05, 0) is 49.7 Å². The molecule has 3 heterocycles. The number of rotatable bonds is 2. The minimum absolute atomic E-state index is 0.0576. The van der Waals surface area contributed by atoms with Crippen molar-refractivity contribution in [2.75, 3.05) is 18.9 Å². The van der Waals surface area contributed by atoms with Gasteiger partial charge in [0.05, 0.1) is 16.7 Å². The SMILES string of the molecule is CNc1cc(C23CC=CN2CCC3)nc2cc(Cl)ccc12.